The summed E-state index contributed by atoms with van der Waals surface area (Å²) in [6, 6.07) is 12.9. The molecule has 0 atom stereocenters. The monoisotopic (exact) mass is 333 g/mol. The Hall–Kier alpha value is -2.20. The van der Waals surface area contributed by atoms with E-state index in [1.165, 1.54) is 0 Å². The zero-order valence-corrected chi connectivity index (χ0v) is 14.3. The summed E-state index contributed by atoms with van der Waals surface area (Å²) in [6.45, 7) is 2.16. The number of para-hydroxylation sites is 2. The van der Waals surface area contributed by atoms with Crippen LogP contribution < -0.4 is 9.64 Å². The van der Waals surface area contributed by atoms with Crippen LogP contribution in [-0.2, 0) is 16.0 Å². The molecule has 0 saturated heterocycles. The van der Waals surface area contributed by atoms with Crippen LogP contribution in [0.2, 0.25) is 5.02 Å². The Bertz CT molecular complexity index is 686. The Balaban J connectivity index is 2.36. The lowest BCUT2D eigenvalue weighted by Crippen LogP contribution is -2.15. The molecule has 2 aromatic rings. The molecule has 23 heavy (non-hydrogen) atoms. The third-order valence-electron chi connectivity index (χ3n) is 3.23. The van der Waals surface area contributed by atoms with Gasteiger partial charge in [-0.3, -0.25) is 4.79 Å². The highest BCUT2D eigenvalue weighted by Crippen LogP contribution is 2.37. The van der Waals surface area contributed by atoms with Gasteiger partial charge in [0.1, 0.15) is 5.75 Å². The van der Waals surface area contributed by atoms with Gasteiger partial charge in [0, 0.05) is 14.1 Å². The summed E-state index contributed by atoms with van der Waals surface area (Å²) in [5.74, 6) is 0.959. The highest BCUT2D eigenvalue weighted by Gasteiger charge is 2.16. The molecule has 0 aromatic heterocycles. The molecule has 0 fully saturated rings. The zero-order chi connectivity index (χ0) is 16.8. The molecule has 0 aliphatic rings. The molecule has 2 aromatic carbocycles. The van der Waals surface area contributed by atoms with E-state index in [0.717, 1.165) is 11.3 Å². The number of carbonyl (C=O) groups is 1. The number of benzene rings is 2. The van der Waals surface area contributed by atoms with Gasteiger partial charge in [-0.1, -0.05) is 35.9 Å². The first-order chi connectivity index (χ1) is 11.0. The number of carbonyl (C=O) groups excluding carboxylic acids is 1. The number of ether oxygens (including phenoxy) is 2. The lowest BCUT2D eigenvalue weighted by atomic mass is 10.1. The van der Waals surface area contributed by atoms with Crippen LogP contribution in [0.3, 0.4) is 0 Å². The molecule has 0 aliphatic carbocycles. The molecule has 0 heterocycles. The molecule has 0 spiro atoms. The topological polar surface area (TPSA) is 38.8 Å². The summed E-state index contributed by atoms with van der Waals surface area (Å²) in [4.78, 5) is 13.7. The van der Waals surface area contributed by atoms with Gasteiger partial charge in [-0.05, 0) is 30.7 Å². The van der Waals surface area contributed by atoms with Crippen LogP contribution in [0.15, 0.2) is 42.5 Å². The summed E-state index contributed by atoms with van der Waals surface area (Å²) in [5.41, 5.74) is 1.68. The van der Waals surface area contributed by atoms with E-state index in [1.54, 1.807) is 19.1 Å². The van der Waals surface area contributed by atoms with Crippen LogP contribution in [-0.4, -0.2) is 26.7 Å². The third-order valence-corrected chi connectivity index (χ3v) is 3.54. The van der Waals surface area contributed by atoms with E-state index in [0.29, 0.717) is 23.1 Å². The van der Waals surface area contributed by atoms with Crippen molar-refractivity contribution in [1.82, 2.24) is 0 Å². The SMILES string of the molecule is CCOC(=O)Cc1cccc(Oc2ccccc2Cl)c1N(C)C. The summed E-state index contributed by atoms with van der Waals surface area (Å²) in [5, 5.41) is 0.535. The normalized spacial score (nSPS) is 10.3. The Morgan fingerprint density at radius 2 is 1.78 bits per heavy atom. The van der Waals surface area contributed by atoms with Gasteiger partial charge in [0.15, 0.2) is 5.75 Å². The Morgan fingerprint density at radius 1 is 1.09 bits per heavy atom. The second kappa shape index (κ2) is 7.88. The van der Waals surface area contributed by atoms with E-state index in [-0.39, 0.29) is 12.4 Å². The van der Waals surface area contributed by atoms with Gasteiger partial charge < -0.3 is 14.4 Å². The predicted octanol–water partition coefficient (Wildman–Crippen LogP) is 4.30. The fourth-order valence-electron chi connectivity index (χ4n) is 2.31. The van der Waals surface area contributed by atoms with Crippen molar-refractivity contribution in [2.45, 2.75) is 13.3 Å². The van der Waals surface area contributed by atoms with Crippen molar-refractivity contribution in [2.24, 2.45) is 0 Å². The number of halogens is 1. The highest BCUT2D eigenvalue weighted by atomic mass is 35.5. The maximum Gasteiger partial charge on any atom is 0.310 e. The van der Waals surface area contributed by atoms with Gasteiger partial charge in [0.05, 0.1) is 23.7 Å². The first-order valence-electron chi connectivity index (χ1n) is 7.40. The van der Waals surface area contributed by atoms with Crippen molar-refractivity contribution in [3.8, 4) is 11.5 Å². The first-order valence-corrected chi connectivity index (χ1v) is 7.78. The number of hydrogen-bond donors (Lipinski definition) is 0. The Morgan fingerprint density at radius 3 is 2.43 bits per heavy atom. The lowest BCUT2D eigenvalue weighted by Gasteiger charge is -2.21. The van der Waals surface area contributed by atoms with Gasteiger partial charge in [0.2, 0.25) is 0 Å². The number of esters is 1. The van der Waals surface area contributed by atoms with Crippen LogP contribution >= 0.6 is 11.6 Å². The minimum Gasteiger partial charge on any atom is -0.466 e. The van der Waals surface area contributed by atoms with Crippen LogP contribution in [0.25, 0.3) is 0 Å². The molecule has 122 valence electrons. The molecule has 0 unspecified atom stereocenters. The average molecular weight is 334 g/mol. The molecular formula is C18H20ClNO3. The Labute approximate surface area is 141 Å². The minimum absolute atomic E-state index is 0.196. The first kappa shape index (κ1) is 17.2. The second-order valence-electron chi connectivity index (χ2n) is 5.17. The molecule has 0 N–H and O–H groups in total. The summed E-state index contributed by atoms with van der Waals surface area (Å²) < 4.78 is 11.0. The molecular weight excluding hydrogens is 314 g/mol. The predicted molar refractivity (Wildman–Crippen MR) is 92.6 cm³/mol. The van der Waals surface area contributed by atoms with E-state index >= 15 is 0 Å². The molecule has 0 amide bonds. The number of hydrogen-bond acceptors (Lipinski definition) is 4. The van der Waals surface area contributed by atoms with Crippen molar-refractivity contribution in [3.63, 3.8) is 0 Å². The summed E-state index contributed by atoms with van der Waals surface area (Å²) >= 11 is 6.16. The van der Waals surface area contributed by atoms with Gasteiger partial charge in [-0.2, -0.15) is 0 Å². The van der Waals surface area contributed by atoms with Crippen LogP contribution in [0.5, 0.6) is 11.5 Å². The molecule has 0 radical (unpaired) electrons. The molecule has 2 rings (SSSR count). The molecule has 0 aliphatic heterocycles. The van der Waals surface area contributed by atoms with Crippen LogP contribution in [0.4, 0.5) is 5.69 Å². The Kier molecular flexibility index (Phi) is 5.88. The van der Waals surface area contributed by atoms with Crippen molar-refractivity contribution >= 4 is 23.3 Å². The number of rotatable bonds is 6. The maximum absolute atomic E-state index is 11.8. The van der Waals surface area contributed by atoms with Crippen LogP contribution in [0.1, 0.15) is 12.5 Å². The third kappa shape index (κ3) is 4.39. The van der Waals surface area contributed by atoms with Crippen molar-refractivity contribution in [2.75, 3.05) is 25.6 Å². The fourth-order valence-corrected chi connectivity index (χ4v) is 2.49. The van der Waals surface area contributed by atoms with Crippen LogP contribution in [0, 0.1) is 0 Å². The van der Waals surface area contributed by atoms with Gasteiger partial charge in [-0.15, -0.1) is 0 Å². The van der Waals surface area contributed by atoms with E-state index < -0.39 is 0 Å². The second-order valence-corrected chi connectivity index (χ2v) is 5.58. The lowest BCUT2D eigenvalue weighted by molar-refractivity contribution is -0.142. The number of anilines is 1. The average Bonchev–Trinajstić information content (AvgIpc) is 2.49. The van der Waals surface area contributed by atoms with Gasteiger partial charge in [0.25, 0.3) is 0 Å². The van der Waals surface area contributed by atoms with Crippen molar-refractivity contribution < 1.29 is 14.3 Å². The molecule has 5 heteroatoms. The zero-order valence-electron chi connectivity index (χ0n) is 13.5. The molecule has 4 nitrogen and oxygen atoms in total. The number of nitrogens with zero attached hydrogens (tertiary/aromatic N) is 1. The smallest absolute Gasteiger partial charge is 0.310 e. The minimum atomic E-state index is -0.259. The molecule has 0 saturated carbocycles. The van der Waals surface area contributed by atoms with E-state index in [9.17, 15) is 4.79 Å². The van der Waals surface area contributed by atoms with Crippen molar-refractivity contribution in [3.05, 3.63) is 53.1 Å². The summed E-state index contributed by atoms with van der Waals surface area (Å²) in [7, 11) is 3.81. The van der Waals surface area contributed by atoms with Gasteiger partial charge in [-0.25, -0.2) is 0 Å². The van der Waals surface area contributed by atoms with Crippen molar-refractivity contribution in [1.29, 1.82) is 0 Å². The standard InChI is InChI=1S/C18H20ClNO3/c1-4-22-17(21)12-13-8-7-11-16(18(13)20(2)3)23-15-10-6-5-9-14(15)19/h5-11H,4,12H2,1-3H3. The fraction of sp³-hybridized carbons (Fsp3) is 0.278. The van der Waals surface area contributed by atoms with E-state index in [1.807, 2.05) is 49.3 Å². The molecule has 0 bridgehead atoms. The largest absolute Gasteiger partial charge is 0.466 e. The highest BCUT2D eigenvalue weighted by molar-refractivity contribution is 6.32. The summed E-state index contributed by atoms with van der Waals surface area (Å²) in [6.07, 6.45) is 0.196. The quantitative estimate of drug-likeness (QED) is 0.739. The van der Waals surface area contributed by atoms with E-state index in [2.05, 4.69) is 0 Å². The van der Waals surface area contributed by atoms with Gasteiger partial charge >= 0.3 is 5.97 Å². The maximum atomic E-state index is 11.8. The van der Waals surface area contributed by atoms with E-state index in [4.69, 9.17) is 21.1 Å².